The highest BCUT2D eigenvalue weighted by molar-refractivity contribution is 5.37. The summed E-state index contributed by atoms with van der Waals surface area (Å²) in [5, 5.41) is 2.56. The van der Waals surface area contributed by atoms with Crippen LogP contribution < -0.4 is 5.32 Å². The van der Waals surface area contributed by atoms with Crippen LogP contribution in [-0.4, -0.2) is 11.5 Å². The van der Waals surface area contributed by atoms with Crippen molar-refractivity contribution in [2.75, 3.05) is 11.9 Å². The van der Waals surface area contributed by atoms with E-state index >= 15 is 0 Å². The summed E-state index contributed by atoms with van der Waals surface area (Å²) in [6.45, 7) is 0.147. The molecule has 0 aromatic carbocycles. The number of pyridine rings is 1. The summed E-state index contributed by atoms with van der Waals surface area (Å²) in [6.07, 6.45) is 0.515. The molecule has 1 heterocycles. The van der Waals surface area contributed by atoms with Crippen molar-refractivity contribution in [3.63, 3.8) is 0 Å². The van der Waals surface area contributed by atoms with Crippen LogP contribution in [0.1, 0.15) is 5.69 Å². The van der Waals surface area contributed by atoms with E-state index in [1.807, 2.05) is 0 Å². The number of anilines is 1. The summed E-state index contributed by atoms with van der Waals surface area (Å²) in [6, 6.07) is 3.60. The molecular weight excluding hydrogens is 193 g/mol. The molecule has 0 aliphatic carbocycles. The lowest BCUT2D eigenvalue weighted by Crippen LogP contribution is -2.10. The van der Waals surface area contributed by atoms with E-state index in [1.54, 1.807) is 0 Å². The van der Waals surface area contributed by atoms with E-state index in [0.717, 1.165) is 6.07 Å². The molecule has 0 unspecified atom stereocenters. The van der Waals surface area contributed by atoms with E-state index < -0.39 is 11.9 Å². The molecule has 0 radical (unpaired) electrons. The van der Waals surface area contributed by atoms with E-state index in [-0.39, 0.29) is 12.4 Å². The normalized spacial score (nSPS) is 10.7. The lowest BCUT2D eigenvalue weighted by molar-refractivity contribution is -0.141. The third-order valence-electron chi connectivity index (χ3n) is 1.41. The Morgan fingerprint density at radius 3 is 2.71 bits per heavy atom. The highest BCUT2D eigenvalue weighted by Crippen LogP contribution is 2.27. The molecular formula is C9H7F3N2. The lowest BCUT2D eigenvalue weighted by atomic mass is 10.3. The van der Waals surface area contributed by atoms with Gasteiger partial charge in [0, 0.05) is 0 Å². The molecule has 5 heteroatoms. The molecule has 0 saturated heterocycles. The highest BCUT2D eigenvalue weighted by Gasteiger charge is 2.32. The minimum atomic E-state index is -4.42. The minimum Gasteiger partial charge on any atom is -0.359 e. The number of terminal acetylenes is 1. The first-order chi connectivity index (χ1) is 6.54. The van der Waals surface area contributed by atoms with Gasteiger partial charge in [0.15, 0.2) is 0 Å². The van der Waals surface area contributed by atoms with Crippen molar-refractivity contribution in [3.8, 4) is 12.3 Å². The van der Waals surface area contributed by atoms with Gasteiger partial charge in [-0.15, -0.1) is 6.42 Å². The second kappa shape index (κ2) is 4.01. The van der Waals surface area contributed by atoms with Gasteiger partial charge in [-0.05, 0) is 12.1 Å². The molecule has 0 aliphatic heterocycles. The highest BCUT2D eigenvalue weighted by atomic mass is 19.4. The van der Waals surface area contributed by atoms with Crippen molar-refractivity contribution in [2.45, 2.75) is 6.18 Å². The fraction of sp³-hybridized carbons (Fsp3) is 0.222. The smallest absolute Gasteiger partial charge is 0.359 e. The number of hydrogen-bond donors (Lipinski definition) is 1. The predicted molar refractivity (Wildman–Crippen MR) is 46.6 cm³/mol. The zero-order chi connectivity index (χ0) is 10.6. The van der Waals surface area contributed by atoms with Crippen LogP contribution in [0.15, 0.2) is 18.2 Å². The zero-order valence-electron chi connectivity index (χ0n) is 7.10. The molecule has 0 aliphatic rings. The van der Waals surface area contributed by atoms with E-state index in [1.165, 1.54) is 12.1 Å². The molecule has 0 spiro atoms. The topological polar surface area (TPSA) is 24.9 Å². The first-order valence-corrected chi connectivity index (χ1v) is 3.75. The standard InChI is InChI=1S/C9H7F3N2/c1-2-6-13-8-5-3-4-7(14-8)9(10,11)12/h1,3-5H,6H2,(H,13,14). The third kappa shape index (κ3) is 2.66. The fourth-order valence-corrected chi connectivity index (χ4v) is 0.833. The number of aromatic nitrogens is 1. The van der Waals surface area contributed by atoms with Crippen LogP contribution in [0.4, 0.5) is 19.0 Å². The number of nitrogens with zero attached hydrogens (tertiary/aromatic N) is 1. The number of alkyl halides is 3. The van der Waals surface area contributed by atoms with Gasteiger partial charge in [0.2, 0.25) is 0 Å². The van der Waals surface area contributed by atoms with Crippen LogP contribution in [0.25, 0.3) is 0 Å². The average Bonchev–Trinajstić information content (AvgIpc) is 2.14. The Kier molecular flexibility index (Phi) is 2.97. The van der Waals surface area contributed by atoms with Crippen molar-refractivity contribution in [1.29, 1.82) is 0 Å². The second-order valence-electron chi connectivity index (χ2n) is 2.46. The first-order valence-electron chi connectivity index (χ1n) is 3.75. The Labute approximate surface area is 79.2 Å². The van der Waals surface area contributed by atoms with Gasteiger partial charge in [0.25, 0.3) is 0 Å². The molecule has 14 heavy (non-hydrogen) atoms. The van der Waals surface area contributed by atoms with Gasteiger partial charge in [-0.25, -0.2) is 4.98 Å². The Hall–Kier alpha value is -1.70. The molecule has 0 bridgehead atoms. The Morgan fingerprint density at radius 1 is 1.43 bits per heavy atom. The van der Waals surface area contributed by atoms with Crippen LogP contribution >= 0.6 is 0 Å². The molecule has 2 nitrogen and oxygen atoms in total. The zero-order valence-corrected chi connectivity index (χ0v) is 7.10. The van der Waals surface area contributed by atoms with Crippen molar-refractivity contribution < 1.29 is 13.2 Å². The molecule has 0 amide bonds. The number of hydrogen-bond acceptors (Lipinski definition) is 2. The quantitative estimate of drug-likeness (QED) is 0.740. The van der Waals surface area contributed by atoms with Gasteiger partial charge in [-0.3, -0.25) is 0 Å². The third-order valence-corrected chi connectivity index (χ3v) is 1.41. The molecule has 0 saturated carbocycles. The molecule has 74 valence electrons. The van der Waals surface area contributed by atoms with Crippen LogP contribution in [0.3, 0.4) is 0 Å². The summed E-state index contributed by atoms with van der Waals surface area (Å²) in [5.41, 5.74) is -0.931. The van der Waals surface area contributed by atoms with Crippen LogP contribution in [0.2, 0.25) is 0 Å². The molecule has 1 N–H and O–H groups in total. The Morgan fingerprint density at radius 2 is 2.14 bits per heavy atom. The number of nitrogens with one attached hydrogen (secondary N) is 1. The van der Waals surface area contributed by atoms with Crippen molar-refractivity contribution in [3.05, 3.63) is 23.9 Å². The van der Waals surface area contributed by atoms with Crippen LogP contribution in [-0.2, 0) is 6.18 Å². The summed E-state index contributed by atoms with van der Waals surface area (Å²) in [5.74, 6) is 2.36. The SMILES string of the molecule is C#CCNc1cccc(C(F)(F)F)n1. The van der Waals surface area contributed by atoms with E-state index in [0.29, 0.717) is 0 Å². The maximum atomic E-state index is 12.2. The van der Waals surface area contributed by atoms with Gasteiger partial charge in [-0.2, -0.15) is 13.2 Å². The summed E-state index contributed by atoms with van der Waals surface area (Å²) >= 11 is 0. The van der Waals surface area contributed by atoms with E-state index in [4.69, 9.17) is 6.42 Å². The predicted octanol–water partition coefficient (Wildman–Crippen LogP) is 2.15. The number of rotatable bonds is 2. The van der Waals surface area contributed by atoms with Gasteiger partial charge >= 0.3 is 6.18 Å². The Bertz CT molecular complexity index is 352. The maximum absolute atomic E-state index is 12.2. The summed E-state index contributed by atoms with van der Waals surface area (Å²) in [4.78, 5) is 3.35. The van der Waals surface area contributed by atoms with E-state index in [2.05, 4.69) is 16.2 Å². The van der Waals surface area contributed by atoms with Crippen molar-refractivity contribution >= 4 is 5.82 Å². The lowest BCUT2D eigenvalue weighted by Gasteiger charge is -2.07. The van der Waals surface area contributed by atoms with Gasteiger partial charge in [0.05, 0.1) is 6.54 Å². The maximum Gasteiger partial charge on any atom is 0.433 e. The Balaban J connectivity index is 2.86. The molecule has 1 rings (SSSR count). The second-order valence-corrected chi connectivity index (χ2v) is 2.46. The largest absolute Gasteiger partial charge is 0.433 e. The summed E-state index contributed by atoms with van der Waals surface area (Å²) in [7, 11) is 0. The molecule has 1 aromatic heterocycles. The van der Waals surface area contributed by atoms with Crippen molar-refractivity contribution in [2.24, 2.45) is 0 Å². The molecule has 0 fully saturated rings. The number of halogens is 3. The first kappa shape index (κ1) is 10.4. The fourth-order valence-electron chi connectivity index (χ4n) is 0.833. The molecule has 0 atom stereocenters. The van der Waals surface area contributed by atoms with Gasteiger partial charge in [0.1, 0.15) is 11.5 Å². The average molecular weight is 200 g/mol. The minimum absolute atomic E-state index is 0.123. The van der Waals surface area contributed by atoms with E-state index in [9.17, 15) is 13.2 Å². The summed E-state index contributed by atoms with van der Waals surface area (Å²) < 4.78 is 36.5. The van der Waals surface area contributed by atoms with Crippen molar-refractivity contribution in [1.82, 2.24) is 4.98 Å². The monoisotopic (exact) mass is 200 g/mol. The van der Waals surface area contributed by atoms with Gasteiger partial charge in [-0.1, -0.05) is 12.0 Å². The van der Waals surface area contributed by atoms with Crippen LogP contribution in [0, 0.1) is 12.3 Å². The van der Waals surface area contributed by atoms with Crippen LogP contribution in [0.5, 0.6) is 0 Å². The molecule has 1 aromatic rings. The van der Waals surface area contributed by atoms with Gasteiger partial charge < -0.3 is 5.32 Å².